The first-order chi connectivity index (χ1) is 16.1. The molecule has 1 unspecified atom stereocenters. The lowest BCUT2D eigenvalue weighted by Gasteiger charge is -2.47. The van der Waals surface area contributed by atoms with E-state index < -0.39 is 5.60 Å². The number of fused-ring (bicyclic) bond motifs is 1. The smallest absolute Gasteiger partial charge is 0.253 e. The van der Waals surface area contributed by atoms with Gasteiger partial charge in [0.2, 0.25) is 0 Å². The summed E-state index contributed by atoms with van der Waals surface area (Å²) < 4.78 is 18.0. The molecular weight excluding hydrogens is 430 g/mol. The van der Waals surface area contributed by atoms with Crippen molar-refractivity contribution in [3.05, 3.63) is 59.2 Å². The van der Waals surface area contributed by atoms with Gasteiger partial charge in [0.15, 0.2) is 0 Å². The molecule has 1 N–H and O–H groups in total. The van der Waals surface area contributed by atoms with Crippen molar-refractivity contribution in [3.63, 3.8) is 0 Å². The Morgan fingerprint density at radius 1 is 1.21 bits per heavy atom. The fraction of sp³-hybridized carbons (Fsp3) is 0.536. The number of rotatable bonds is 6. The van der Waals surface area contributed by atoms with E-state index in [2.05, 4.69) is 26.0 Å². The number of benzene rings is 2. The zero-order valence-electron chi connectivity index (χ0n) is 21.0. The average Bonchev–Trinajstić information content (AvgIpc) is 2.81. The van der Waals surface area contributed by atoms with Gasteiger partial charge in [-0.2, -0.15) is 0 Å². The van der Waals surface area contributed by atoms with Crippen LogP contribution in [0.4, 0.5) is 0 Å². The third-order valence-electron chi connectivity index (χ3n) is 7.00. The zero-order valence-corrected chi connectivity index (χ0v) is 21.0. The number of amides is 1. The maximum atomic E-state index is 13.3. The normalized spacial score (nSPS) is 19.6. The van der Waals surface area contributed by atoms with Crippen molar-refractivity contribution in [2.45, 2.75) is 70.2 Å². The summed E-state index contributed by atoms with van der Waals surface area (Å²) in [5, 5.41) is 10.4. The Morgan fingerprint density at radius 3 is 2.56 bits per heavy atom. The van der Waals surface area contributed by atoms with Gasteiger partial charge in [-0.3, -0.25) is 4.79 Å². The van der Waals surface area contributed by atoms with Crippen molar-refractivity contribution in [1.29, 1.82) is 0 Å². The summed E-state index contributed by atoms with van der Waals surface area (Å²) in [6.45, 7) is 9.48. The van der Waals surface area contributed by atoms with Crippen LogP contribution >= 0.6 is 0 Å². The molecule has 2 heterocycles. The number of carbonyl (C=O) groups excluding carboxylic acids is 1. The topological polar surface area (TPSA) is 68.2 Å². The van der Waals surface area contributed by atoms with E-state index in [9.17, 15) is 9.90 Å². The fourth-order valence-electron chi connectivity index (χ4n) is 5.14. The van der Waals surface area contributed by atoms with E-state index in [1.807, 2.05) is 17.0 Å². The minimum absolute atomic E-state index is 0.0219. The maximum absolute atomic E-state index is 13.3. The second-order valence-corrected chi connectivity index (χ2v) is 10.4. The lowest BCUT2D eigenvalue weighted by Crippen LogP contribution is -2.52. The molecule has 0 bridgehead atoms. The number of nitrogens with zero attached hydrogens (tertiary/aromatic N) is 1. The number of hydrogen-bond donors (Lipinski definition) is 1. The first-order valence-corrected chi connectivity index (χ1v) is 12.2. The molecule has 0 aromatic heterocycles. The van der Waals surface area contributed by atoms with Gasteiger partial charge in [-0.15, -0.1) is 0 Å². The summed E-state index contributed by atoms with van der Waals surface area (Å²) in [7, 11) is 1.56. The number of likely N-dealkylation sites (tertiary alicyclic amines) is 1. The van der Waals surface area contributed by atoms with Gasteiger partial charge in [0.25, 0.3) is 5.91 Å². The van der Waals surface area contributed by atoms with Crippen molar-refractivity contribution < 1.29 is 24.1 Å². The molecule has 1 atom stereocenters. The van der Waals surface area contributed by atoms with E-state index in [0.29, 0.717) is 36.6 Å². The Kier molecular flexibility index (Phi) is 6.92. The highest BCUT2D eigenvalue weighted by Gasteiger charge is 2.44. The third-order valence-corrected chi connectivity index (χ3v) is 7.00. The average molecular weight is 468 g/mol. The Morgan fingerprint density at radius 2 is 1.91 bits per heavy atom. The highest BCUT2D eigenvalue weighted by molar-refractivity contribution is 5.95. The van der Waals surface area contributed by atoms with Gasteiger partial charge in [-0.25, -0.2) is 0 Å². The highest BCUT2D eigenvalue weighted by atomic mass is 16.5. The molecule has 6 nitrogen and oxygen atoms in total. The number of carbonyl (C=O) groups is 1. The molecule has 1 fully saturated rings. The van der Waals surface area contributed by atoms with E-state index in [4.69, 9.17) is 14.2 Å². The third kappa shape index (κ3) is 5.08. The second-order valence-electron chi connectivity index (χ2n) is 10.4. The Labute approximate surface area is 202 Å². The van der Waals surface area contributed by atoms with Crippen molar-refractivity contribution >= 4 is 5.91 Å². The highest BCUT2D eigenvalue weighted by Crippen LogP contribution is 2.45. The minimum Gasteiger partial charge on any atom is -0.496 e. The van der Waals surface area contributed by atoms with E-state index in [-0.39, 0.29) is 23.5 Å². The van der Waals surface area contributed by atoms with Crippen LogP contribution in [0.3, 0.4) is 0 Å². The lowest BCUT2D eigenvalue weighted by molar-refractivity contribution is -0.0325. The van der Waals surface area contributed by atoms with Crippen molar-refractivity contribution in [1.82, 2.24) is 4.90 Å². The number of ether oxygens (including phenoxy) is 3. The largest absolute Gasteiger partial charge is 0.496 e. The standard InChI is InChI=1S/C28H37NO5/c1-19(2)33-18-21-17-28(34-24-9-7-6-8-22(21)24)12-14-29(15-13-28)26(30)20-10-11-23(27(3,4)31)25(16-20)32-5/h6-11,16,19,21,31H,12-15,17-18H2,1-5H3. The second kappa shape index (κ2) is 9.59. The molecule has 2 aromatic carbocycles. The summed E-state index contributed by atoms with van der Waals surface area (Å²) >= 11 is 0. The van der Waals surface area contributed by atoms with Crippen LogP contribution in [0.1, 0.15) is 74.4 Å². The van der Waals surface area contributed by atoms with Crippen LogP contribution in [0.5, 0.6) is 11.5 Å². The molecule has 1 saturated heterocycles. The van der Waals surface area contributed by atoms with Crippen LogP contribution in [0.15, 0.2) is 42.5 Å². The summed E-state index contributed by atoms with van der Waals surface area (Å²) in [4.78, 5) is 15.2. The van der Waals surface area contributed by atoms with Gasteiger partial charge >= 0.3 is 0 Å². The van der Waals surface area contributed by atoms with Crippen molar-refractivity contribution in [3.8, 4) is 11.5 Å². The molecule has 4 rings (SSSR count). The fourth-order valence-corrected chi connectivity index (χ4v) is 5.14. The number of aliphatic hydroxyl groups is 1. The maximum Gasteiger partial charge on any atom is 0.253 e. The quantitative estimate of drug-likeness (QED) is 0.655. The van der Waals surface area contributed by atoms with Crippen molar-refractivity contribution in [2.24, 2.45) is 0 Å². The van der Waals surface area contributed by atoms with E-state index in [1.165, 1.54) is 5.56 Å². The van der Waals surface area contributed by atoms with Gasteiger partial charge in [0, 0.05) is 43.0 Å². The predicted octanol–water partition coefficient (Wildman–Crippen LogP) is 4.89. The Balaban J connectivity index is 1.48. The molecule has 0 saturated carbocycles. The number of methoxy groups -OCH3 is 1. The summed E-state index contributed by atoms with van der Waals surface area (Å²) in [5.41, 5.74) is 1.12. The van der Waals surface area contributed by atoms with Crippen LogP contribution in [-0.2, 0) is 10.3 Å². The van der Waals surface area contributed by atoms with Crippen LogP contribution in [0.25, 0.3) is 0 Å². The lowest BCUT2D eigenvalue weighted by atomic mass is 9.77. The molecule has 0 aliphatic carbocycles. The molecule has 2 aromatic rings. The molecule has 2 aliphatic rings. The summed E-state index contributed by atoms with van der Waals surface area (Å²) in [6, 6.07) is 13.5. The first kappa shape index (κ1) is 24.6. The molecule has 1 amide bonds. The van der Waals surface area contributed by atoms with Crippen LogP contribution in [-0.4, -0.2) is 54.4 Å². The van der Waals surface area contributed by atoms with E-state index in [1.54, 1.807) is 39.2 Å². The van der Waals surface area contributed by atoms with Crippen molar-refractivity contribution in [2.75, 3.05) is 26.8 Å². The minimum atomic E-state index is -1.05. The summed E-state index contributed by atoms with van der Waals surface area (Å²) in [6.07, 6.45) is 2.64. The molecule has 34 heavy (non-hydrogen) atoms. The Bertz CT molecular complexity index is 1020. The van der Waals surface area contributed by atoms with Crippen LogP contribution < -0.4 is 9.47 Å². The number of piperidine rings is 1. The number of para-hydroxylation sites is 1. The van der Waals surface area contributed by atoms with Crippen LogP contribution in [0, 0.1) is 0 Å². The predicted molar refractivity (Wildman–Crippen MR) is 132 cm³/mol. The van der Waals surface area contributed by atoms with Gasteiger partial charge in [-0.05, 0) is 57.9 Å². The first-order valence-electron chi connectivity index (χ1n) is 12.2. The van der Waals surface area contributed by atoms with Gasteiger partial charge in [-0.1, -0.05) is 24.3 Å². The van der Waals surface area contributed by atoms with Crippen LogP contribution in [0.2, 0.25) is 0 Å². The molecule has 6 heteroatoms. The number of hydrogen-bond acceptors (Lipinski definition) is 5. The van der Waals surface area contributed by atoms with E-state index in [0.717, 1.165) is 25.0 Å². The van der Waals surface area contributed by atoms with Gasteiger partial charge in [0.1, 0.15) is 17.1 Å². The monoisotopic (exact) mass is 467 g/mol. The zero-order chi connectivity index (χ0) is 24.5. The molecule has 2 aliphatic heterocycles. The summed E-state index contributed by atoms with van der Waals surface area (Å²) in [5.74, 6) is 1.73. The van der Waals surface area contributed by atoms with Gasteiger partial charge in [0.05, 0.1) is 25.4 Å². The van der Waals surface area contributed by atoms with E-state index >= 15 is 0 Å². The molecule has 1 spiro atoms. The SMILES string of the molecule is COc1cc(C(=O)N2CCC3(CC2)CC(COC(C)C)c2ccccc2O3)ccc1C(C)(C)O. The Hall–Kier alpha value is -2.57. The van der Waals surface area contributed by atoms with Gasteiger partial charge < -0.3 is 24.2 Å². The molecular formula is C28H37NO5. The molecule has 184 valence electrons. The molecule has 0 radical (unpaired) electrons.